The lowest BCUT2D eigenvalue weighted by atomic mass is 9.89. The van der Waals surface area contributed by atoms with Gasteiger partial charge in [-0.25, -0.2) is 14.4 Å². The van der Waals surface area contributed by atoms with Crippen LogP contribution in [0.25, 0.3) is 0 Å². The van der Waals surface area contributed by atoms with Crippen molar-refractivity contribution in [2.24, 2.45) is 0 Å². The molecule has 1 aromatic carbocycles. The van der Waals surface area contributed by atoms with Gasteiger partial charge in [0.1, 0.15) is 18.3 Å². The minimum atomic E-state index is -1.01. The zero-order valence-electron chi connectivity index (χ0n) is 18.3. The Morgan fingerprint density at radius 3 is 2.62 bits per heavy atom. The summed E-state index contributed by atoms with van der Waals surface area (Å²) in [5.41, 5.74) is 2.49. The van der Waals surface area contributed by atoms with Gasteiger partial charge in [0.25, 0.3) is 0 Å². The molecule has 1 aromatic heterocycles. The van der Waals surface area contributed by atoms with Crippen molar-refractivity contribution >= 4 is 23.3 Å². The second-order valence-electron chi connectivity index (χ2n) is 9.14. The van der Waals surface area contributed by atoms with Crippen LogP contribution >= 0.6 is 11.6 Å². The molecule has 3 heterocycles. The molecule has 4 atom stereocenters. The fraction of sp³-hybridized carbons (Fsp3) is 0.542. The number of carbonyl (C=O) groups is 1. The highest BCUT2D eigenvalue weighted by molar-refractivity contribution is 6.30. The van der Waals surface area contributed by atoms with Gasteiger partial charge in [0.05, 0.1) is 11.6 Å². The molecule has 32 heavy (non-hydrogen) atoms. The van der Waals surface area contributed by atoms with Crippen LogP contribution in [0.4, 0.5) is 10.2 Å². The molecule has 0 bridgehead atoms. The van der Waals surface area contributed by atoms with E-state index in [2.05, 4.69) is 20.2 Å². The number of hydrogen-bond donors (Lipinski definition) is 1. The van der Waals surface area contributed by atoms with Gasteiger partial charge in [-0.05, 0) is 49.4 Å². The molecule has 2 aliphatic heterocycles. The highest BCUT2D eigenvalue weighted by Crippen LogP contribution is 2.44. The van der Waals surface area contributed by atoms with Crippen molar-refractivity contribution in [3.63, 3.8) is 0 Å². The summed E-state index contributed by atoms with van der Waals surface area (Å²) in [7, 11) is 0. The van der Waals surface area contributed by atoms with Crippen molar-refractivity contribution in [1.82, 2.24) is 20.2 Å². The van der Waals surface area contributed by atoms with Gasteiger partial charge in [-0.15, -0.1) is 0 Å². The number of rotatable bonds is 4. The van der Waals surface area contributed by atoms with Crippen LogP contribution in [0.2, 0.25) is 5.02 Å². The third-order valence-corrected chi connectivity index (χ3v) is 7.38. The van der Waals surface area contributed by atoms with Crippen molar-refractivity contribution in [2.75, 3.05) is 37.6 Å². The molecule has 6 nitrogen and oxygen atoms in total. The summed E-state index contributed by atoms with van der Waals surface area (Å²) >= 11 is 6.09. The first kappa shape index (κ1) is 21.6. The summed E-state index contributed by atoms with van der Waals surface area (Å²) in [6.45, 7) is 5.61. The fourth-order valence-electron chi connectivity index (χ4n) is 5.46. The topological polar surface area (TPSA) is 61.4 Å². The summed E-state index contributed by atoms with van der Waals surface area (Å²) in [6, 6.07) is 7.81. The lowest BCUT2D eigenvalue weighted by Crippen LogP contribution is -2.52. The smallest absolute Gasteiger partial charge is 0.231 e. The molecule has 2 saturated heterocycles. The second-order valence-corrected chi connectivity index (χ2v) is 9.58. The molecule has 0 saturated carbocycles. The molecule has 0 unspecified atom stereocenters. The van der Waals surface area contributed by atoms with Crippen LogP contribution in [0.3, 0.4) is 0 Å². The van der Waals surface area contributed by atoms with Gasteiger partial charge in [-0.3, -0.25) is 4.79 Å². The van der Waals surface area contributed by atoms with Crippen LogP contribution in [-0.2, 0) is 4.79 Å². The van der Waals surface area contributed by atoms with Crippen LogP contribution in [0.15, 0.2) is 30.6 Å². The highest BCUT2D eigenvalue weighted by Gasteiger charge is 2.38. The van der Waals surface area contributed by atoms with Crippen molar-refractivity contribution in [2.45, 2.75) is 50.2 Å². The first-order chi connectivity index (χ1) is 15.5. The van der Waals surface area contributed by atoms with Crippen LogP contribution < -0.4 is 10.2 Å². The lowest BCUT2D eigenvalue weighted by Gasteiger charge is -2.38. The number of hydrogen-bond acceptors (Lipinski definition) is 5. The molecule has 5 rings (SSSR count). The Bertz CT molecular complexity index is 973. The van der Waals surface area contributed by atoms with Gasteiger partial charge in [-0.1, -0.05) is 30.7 Å². The molecule has 170 valence electrons. The Balaban J connectivity index is 1.32. The number of aromatic nitrogens is 2. The largest absolute Gasteiger partial charge is 0.353 e. The average molecular weight is 458 g/mol. The summed E-state index contributed by atoms with van der Waals surface area (Å²) in [6.07, 6.45) is 3.01. The van der Waals surface area contributed by atoms with Gasteiger partial charge in [0.2, 0.25) is 5.91 Å². The molecule has 3 aliphatic rings. The summed E-state index contributed by atoms with van der Waals surface area (Å²) in [5.74, 6) is 0.897. The number of nitrogens with zero attached hydrogens (tertiary/aromatic N) is 4. The zero-order chi connectivity index (χ0) is 22.2. The van der Waals surface area contributed by atoms with E-state index in [9.17, 15) is 9.18 Å². The molecule has 1 amide bonds. The van der Waals surface area contributed by atoms with Gasteiger partial charge in [-0.2, -0.15) is 0 Å². The van der Waals surface area contributed by atoms with E-state index >= 15 is 0 Å². The van der Waals surface area contributed by atoms with Crippen LogP contribution in [-0.4, -0.2) is 59.5 Å². The predicted octanol–water partition coefficient (Wildman–Crippen LogP) is 3.83. The van der Waals surface area contributed by atoms with Crippen molar-refractivity contribution < 1.29 is 9.18 Å². The average Bonchev–Trinajstić information content (AvgIpc) is 3.44. The Morgan fingerprint density at radius 1 is 1.19 bits per heavy atom. The third kappa shape index (κ3) is 3.97. The Labute approximate surface area is 193 Å². The number of halogens is 2. The number of carbonyl (C=O) groups excluding carboxylic acids is 1. The van der Waals surface area contributed by atoms with Gasteiger partial charge in [0.15, 0.2) is 0 Å². The third-order valence-electron chi connectivity index (χ3n) is 7.13. The minimum absolute atomic E-state index is 0.110. The number of nitrogens with one attached hydrogen (secondary N) is 1. The number of alkyl halides is 1. The molecule has 2 aromatic rings. The molecular formula is C24H29ClFN5O. The molecule has 2 fully saturated rings. The minimum Gasteiger partial charge on any atom is -0.353 e. The molecule has 1 aliphatic carbocycles. The molecular weight excluding hydrogens is 429 g/mol. The SMILES string of the molecule is C[C@@H]1C[C@H](F)c2ncnc(N3CCN(C(=O)[C@@H](c4ccc(Cl)cc4)[C@@H]4CCCN4)CC3)c21. The first-order valence-corrected chi connectivity index (χ1v) is 11.9. The summed E-state index contributed by atoms with van der Waals surface area (Å²) in [4.78, 5) is 26.5. The molecule has 1 N–H and O–H groups in total. The van der Waals surface area contributed by atoms with E-state index in [1.807, 2.05) is 36.1 Å². The maximum absolute atomic E-state index is 14.3. The maximum Gasteiger partial charge on any atom is 0.231 e. The van der Waals surface area contributed by atoms with E-state index in [-0.39, 0.29) is 23.8 Å². The first-order valence-electron chi connectivity index (χ1n) is 11.5. The second kappa shape index (κ2) is 8.94. The Hall–Kier alpha value is -2.25. The van der Waals surface area contributed by atoms with E-state index in [0.29, 0.717) is 43.3 Å². The Morgan fingerprint density at radius 2 is 1.94 bits per heavy atom. The normalized spacial score (nSPS) is 26.3. The van der Waals surface area contributed by atoms with E-state index in [0.717, 1.165) is 36.3 Å². The van der Waals surface area contributed by atoms with Crippen molar-refractivity contribution in [3.8, 4) is 0 Å². The van der Waals surface area contributed by atoms with Gasteiger partial charge in [0, 0.05) is 42.8 Å². The van der Waals surface area contributed by atoms with Crippen molar-refractivity contribution in [1.29, 1.82) is 0 Å². The van der Waals surface area contributed by atoms with E-state index in [4.69, 9.17) is 11.6 Å². The monoisotopic (exact) mass is 457 g/mol. The van der Waals surface area contributed by atoms with Crippen LogP contribution in [0.1, 0.15) is 61.0 Å². The number of anilines is 1. The van der Waals surface area contributed by atoms with Gasteiger partial charge >= 0.3 is 0 Å². The highest BCUT2D eigenvalue weighted by atomic mass is 35.5. The number of amides is 1. The number of fused-ring (bicyclic) bond motifs is 1. The maximum atomic E-state index is 14.3. The van der Waals surface area contributed by atoms with E-state index < -0.39 is 6.17 Å². The summed E-state index contributed by atoms with van der Waals surface area (Å²) in [5, 5.41) is 4.19. The lowest BCUT2D eigenvalue weighted by molar-refractivity contribution is -0.133. The zero-order valence-corrected chi connectivity index (χ0v) is 19.1. The fourth-order valence-corrected chi connectivity index (χ4v) is 5.59. The number of piperazine rings is 1. The number of benzene rings is 1. The predicted molar refractivity (Wildman–Crippen MR) is 123 cm³/mol. The standard InChI is InChI=1S/C24H29ClFN5O/c1-15-13-18(26)22-20(15)23(29-14-28-22)30-9-11-31(12-10-30)24(32)21(19-3-2-8-27-19)16-4-6-17(25)7-5-16/h4-7,14-15,18-19,21,27H,2-3,8-13H2,1H3/t15-,18+,19+,21+/m1/s1. The Kier molecular flexibility index (Phi) is 6.03. The molecule has 0 radical (unpaired) electrons. The van der Waals surface area contributed by atoms with Gasteiger partial charge < -0.3 is 15.1 Å². The van der Waals surface area contributed by atoms with E-state index in [1.54, 1.807) is 0 Å². The quantitative estimate of drug-likeness (QED) is 0.756. The molecule has 8 heteroatoms. The molecule has 0 spiro atoms. The van der Waals surface area contributed by atoms with Crippen molar-refractivity contribution in [3.05, 3.63) is 52.4 Å². The van der Waals surface area contributed by atoms with E-state index in [1.165, 1.54) is 6.33 Å². The summed E-state index contributed by atoms with van der Waals surface area (Å²) < 4.78 is 14.3. The van der Waals surface area contributed by atoms with Crippen LogP contribution in [0.5, 0.6) is 0 Å². The van der Waals surface area contributed by atoms with Crippen LogP contribution in [0, 0.1) is 0 Å².